The number of rotatable bonds is 7. The van der Waals surface area contributed by atoms with Crippen LogP contribution in [-0.4, -0.2) is 20.2 Å². The highest BCUT2D eigenvalue weighted by Crippen LogP contribution is 2.25. The third kappa shape index (κ3) is 3.94. The number of hydrogen-bond acceptors (Lipinski definition) is 3. The first-order valence-electron chi connectivity index (χ1n) is 10.0. The van der Waals surface area contributed by atoms with Crippen molar-refractivity contribution in [2.24, 2.45) is 0 Å². The minimum absolute atomic E-state index is 0.140. The first-order valence-corrected chi connectivity index (χ1v) is 10.4. The van der Waals surface area contributed by atoms with Crippen molar-refractivity contribution in [3.63, 3.8) is 0 Å². The summed E-state index contributed by atoms with van der Waals surface area (Å²) in [5, 5.41) is 0.655. The van der Waals surface area contributed by atoms with Gasteiger partial charge in [0, 0.05) is 35.0 Å². The number of benzene rings is 2. The number of fused-ring (bicyclic) bond motifs is 1. The average Bonchev–Trinajstić information content (AvgIpc) is 3.22. The molecule has 0 spiro atoms. The van der Waals surface area contributed by atoms with Crippen LogP contribution < -0.4 is 5.56 Å². The molecule has 0 radical (unpaired) electrons. The lowest BCUT2D eigenvalue weighted by Gasteiger charge is -2.15. The van der Waals surface area contributed by atoms with Crippen molar-refractivity contribution in [2.45, 2.75) is 32.7 Å². The molecule has 0 amide bonds. The predicted octanol–water partition coefficient (Wildman–Crippen LogP) is 5.49. The van der Waals surface area contributed by atoms with Gasteiger partial charge in [0.25, 0.3) is 5.56 Å². The number of imidazole rings is 1. The number of carbonyl (C=O) groups is 1. The van der Waals surface area contributed by atoms with Gasteiger partial charge in [0.15, 0.2) is 0 Å². The molecule has 4 aromatic rings. The summed E-state index contributed by atoms with van der Waals surface area (Å²) in [6.45, 7) is 2.91. The van der Waals surface area contributed by atoms with Crippen LogP contribution in [0.25, 0.3) is 28.3 Å². The zero-order valence-corrected chi connectivity index (χ0v) is 17.5. The predicted molar refractivity (Wildman–Crippen MR) is 120 cm³/mol. The number of halogens is 1. The lowest BCUT2D eigenvalue weighted by atomic mass is 10.1. The fourth-order valence-electron chi connectivity index (χ4n) is 3.57. The van der Waals surface area contributed by atoms with E-state index in [2.05, 4.69) is 11.5 Å². The number of carbonyl (C=O) groups excluding carboxylic acids is 1. The van der Waals surface area contributed by atoms with E-state index in [9.17, 15) is 9.59 Å². The summed E-state index contributed by atoms with van der Waals surface area (Å²) < 4.78 is 3.69. The van der Waals surface area contributed by atoms with Crippen LogP contribution in [0.15, 0.2) is 65.6 Å². The zero-order valence-electron chi connectivity index (χ0n) is 16.7. The summed E-state index contributed by atoms with van der Waals surface area (Å²) in [5.41, 5.74) is 3.77. The number of aryl methyl sites for hydroxylation is 1. The number of unbranched alkanes of at least 4 members (excludes halogenated alkanes) is 2. The number of aldehydes is 1. The number of aromatic nitrogens is 3. The van der Waals surface area contributed by atoms with Gasteiger partial charge in [-0.05, 0) is 24.1 Å². The van der Waals surface area contributed by atoms with Crippen molar-refractivity contribution in [2.75, 3.05) is 0 Å². The largest absolute Gasteiger partial charge is 0.311 e. The van der Waals surface area contributed by atoms with Crippen LogP contribution in [0, 0.1) is 0 Å². The van der Waals surface area contributed by atoms with Crippen LogP contribution in [0.2, 0.25) is 5.02 Å². The highest BCUT2D eigenvalue weighted by atomic mass is 35.5. The molecule has 0 saturated heterocycles. The molecule has 6 heteroatoms. The summed E-state index contributed by atoms with van der Waals surface area (Å²) >= 11 is 6.01. The first kappa shape index (κ1) is 20.1. The first-order chi connectivity index (χ1) is 14.6. The van der Waals surface area contributed by atoms with Crippen molar-refractivity contribution < 1.29 is 4.79 Å². The summed E-state index contributed by atoms with van der Waals surface area (Å²) in [7, 11) is 0. The summed E-state index contributed by atoms with van der Waals surface area (Å²) in [5.74, 6) is 0.609. The van der Waals surface area contributed by atoms with Gasteiger partial charge in [-0.3, -0.25) is 14.0 Å². The molecule has 2 aromatic carbocycles. The Bertz CT molecular complexity index is 1240. The average molecular weight is 420 g/mol. The Balaban J connectivity index is 1.89. The second kappa shape index (κ2) is 8.67. The van der Waals surface area contributed by atoms with Crippen LogP contribution in [-0.2, 0) is 6.54 Å². The molecule has 0 saturated carbocycles. The molecule has 0 atom stereocenters. The van der Waals surface area contributed by atoms with Gasteiger partial charge in [0.1, 0.15) is 6.29 Å². The highest BCUT2D eigenvalue weighted by Gasteiger charge is 2.15. The molecule has 0 bridgehead atoms. The molecule has 2 aromatic heterocycles. The molecule has 0 N–H and O–H groups in total. The van der Waals surface area contributed by atoms with E-state index in [4.69, 9.17) is 16.6 Å². The zero-order chi connectivity index (χ0) is 21.1. The Labute approximate surface area is 179 Å². The molecule has 152 valence electrons. The Morgan fingerprint density at radius 3 is 2.37 bits per heavy atom. The fraction of sp³-hybridized carbons (Fsp3) is 0.208. The van der Waals surface area contributed by atoms with Crippen molar-refractivity contribution >= 4 is 23.7 Å². The normalized spacial score (nSPS) is 11.1. The number of hydrogen-bond donors (Lipinski definition) is 0. The minimum Gasteiger partial charge on any atom is -0.311 e. The van der Waals surface area contributed by atoms with Gasteiger partial charge in [-0.15, -0.1) is 0 Å². The SMILES string of the molecule is CCCCCn1c(-c2ccc(C=O)cc2)cc(=O)n2cc(-c3ccc(Cl)cc3)nc12. The lowest BCUT2D eigenvalue weighted by Crippen LogP contribution is -2.18. The number of nitrogens with zero attached hydrogens (tertiary/aromatic N) is 3. The van der Waals surface area contributed by atoms with E-state index in [1.165, 1.54) is 0 Å². The second-order valence-corrected chi connectivity index (χ2v) is 7.71. The minimum atomic E-state index is -0.140. The van der Waals surface area contributed by atoms with E-state index < -0.39 is 0 Å². The maximum Gasteiger partial charge on any atom is 0.259 e. The summed E-state index contributed by atoms with van der Waals surface area (Å²) in [6, 6.07) is 16.3. The molecule has 4 rings (SSSR count). The van der Waals surface area contributed by atoms with Gasteiger partial charge in [0.2, 0.25) is 5.78 Å². The maximum atomic E-state index is 12.9. The molecule has 5 nitrogen and oxygen atoms in total. The van der Waals surface area contributed by atoms with Gasteiger partial charge >= 0.3 is 0 Å². The Morgan fingerprint density at radius 1 is 1.00 bits per heavy atom. The van der Waals surface area contributed by atoms with Crippen LogP contribution in [0.3, 0.4) is 0 Å². The van der Waals surface area contributed by atoms with E-state index in [1.807, 2.05) is 36.4 Å². The quantitative estimate of drug-likeness (QED) is 0.294. The van der Waals surface area contributed by atoms with E-state index in [0.717, 1.165) is 54.6 Å². The van der Waals surface area contributed by atoms with E-state index in [1.54, 1.807) is 28.8 Å². The maximum absolute atomic E-state index is 12.9. The Kier molecular flexibility index (Phi) is 5.81. The van der Waals surface area contributed by atoms with Gasteiger partial charge in [-0.2, -0.15) is 0 Å². The molecule has 2 heterocycles. The van der Waals surface area contributed by atoms with Crippen LogP contribution in [0.5, 0.6) is 0 Å². The summed E-state index contributed by atoms with van der Waals surface area (Å²) in [4.78, 5) is 28.7. The molecule has 0 aliphatic carbocycles. The molecule has 0 aliphatic rings. The smallest absolute Gasteiger partial charge is 0.259 e. The Hall–Kier alpha value is -3.18. The van der Waals surface area contributed by atoms with Crippen molar-refractivity contribution in [1.29, 1.82) is 0 Å². The van der Waals surface area contributed by atoms with Crippen LogP contribution in [0.1, 0.15) is 36.5 Å². The molecule has 0 fully saturated rings. The van der Waals surface area contributed by atoms with Crippen LogP contribution >= 0.6 is 11.6 Å². The third-order valence-electron chi connectivity index (χ3n) is 5.18. The molecular formula is C24H22ClN3O2. The molecule has 0 aliphatic heterocycles. The molecular weight excluding hydrogens is 398 g/mol. The Morgan fingerprint density at radius 2 is 1.70 bits per heavy atom. The fourth-order valence-corrected chi connectivity index (χ4v) is 3.69. The van der Waals surface area contributed by atoms with E-state index in [0.29, 0.717) is 16.4 Å². The van der Waals surface area contributed by atoms with Crippen molar-refractivity contribution in [1.82, 2.24) is 14.0 Å². The third-order valence-corrected chi connectivity index (χ3v) is 5.44. The topological polar surface area (TPSA) is 56.4 Å². The van der Waals surface area contributed by atoms with Gasteiger partial charge < -0.3 is 4.57 Å². The monoisotopic (exact) mass is 419 g/mol. The highest BCUT2D eigenvalue weighted by molar-refractivity contribution is 6.30. The van der Waals surface area contributed by atoms with E-state index >= 15 is 0 Å². The van der Waals surface area contributed by atoms with Gasteiger partial charge in [-0.25, -0.2) is 4.98 Å². The lowest BCUT2D eigenvalue weighted by molar-refractivity contribution is 0.112. The van der Waals surface area contributed by atoms with Crippen molar-refractivity contribution in [3.8, 4) is 22.5 Å². The van der Waals surface area contributed by atoms with Crippen LogP contribution in [0.4, 0.5) is 0 Å². The summed E-state index contributed by atoms with van der Waals surface area (Å²) in [6.07, 6.45) is 5.76. The molecule has 0 unspecified atom stereocenters. The van der Waals surface area contributed by atoms with E-state index in [-0.39, 0.29) is 5.56 Å². The second-order valence-electron chi connectivity index (χ2n) is 7.27. The van der Waals surface area contributed by atoms with Crippen molar-refractivity contribution in [3.05, 3.63) is 81.7 Å². The van der Waals surface area contributed by atoms with Gasteiger partial charge in [0.05, 0.1) is 11.4 Å². The standard InChI is InChI=1S/C24H22ClN3O2/c1-2-3-4-13-27-22(19-7-5-17(16-29)6-8-19)14-23(30)28-15-21(26-24(27)28)18-9-11-20(25)12-10-18/h5-12,14-16H,2-4,13H2,1H3. The molecule has 30 heavy (non-hydrogen) atoms. The van der Waals surface area contributed by atoms with Gasteiger partial charge in [-0.1, -0.05) is 67.8 Å².